The number of nitrogens with one attached hydrogen (secondary N) is 3. The molecule has 3 N–H and O–H groups in total. The van der Waals surface area contributed by atoms with Gasteiger partial charge in [0.25, 0.3) is 11.8 Å². The highest BCUT2D eigenvalue weighted by molar-refractivity contribution is 7.86. The Bertz CT molecular complexity index is 1630. The molecule has 1 atom stereocenters. The number of carbonyl (C=O) groups is 2. The van der Waals surface area contributed by atoms with Crippen LogP contribution in [0.15, 0.2) is 89.8 Å². The molecule has 0 aliphatic heterocycles. The first-order chi connectivity index (χ1) is 20.2. The molecule has 0 saturated carbocycles. The normalized spacial score (nSPS) is 11.4. The van der Waals surface area contributed by atoms with Crippen molar-refractivity contribution in [1.29, 1.82) is 0 Å². The number of hydrogen-bond acceptors (Lipinski definition) is 5. The minimum atomic E-state index is -1.65. The minimum Gasteiger partial charge on any atom is -0.495 e. The van der Waals surface area contributed by atoms with Crippen molar-refractivity contribution in [1.82, 2.24) is 10.2 Å². The molecule has 0 fully saturated rings. The second-order valence-electron chi connectivity index (χ2n) is 9.71. The van der Waals surface area contributed by atoms with Crippen LogP contribution >= 0.6 is 11.6 Å². The van der Waals surface area contributed by atoms with Crippen molar-refractivity contribution in [2.24, 2.45) is 0 Å². The average Bonchev–Trinajstić information content (AvgIpc) is 2.99. The molecular weight excluding hydrogens is 572 g/mol. The van der Waals surface area contributed by atoms with Gasteiger partial charge >= 0.3 is 0 Å². The molecule has 42 heavy (non-hydrogen) atoms. The first-order valence-electron chi connectivity index (χ1n) is 13.2. The number of rotatable bonds is 11. The number of anilines is 2. The van der Waals surface area contributed by atoms with Crippen molar-refractivity contribution in [3.63, 3.8) is 0 Å². The van der Waals surface area contributed by atoms with E-state index < -0.39 is 11.0 Å². The zero-order valence-electron chi connectivity index (χ0n) is 23.9. The van der Waals surface area contributed by atoms with Crippen LogP contribution in [0.1, 0.15) is 26.3 Å². The van der Waals surface area contributed by atoms with Crippen LogP contribution < -0.4 is 20.1 Å². The number of aryl methyl sites for hydroxylation is 1. The highest BCUT2D eigenvalue weighted by atomic mass is 35.5. The molecule has 0 bridgehead atoms. The number of nitrogens with zero attached hydrogens (tertiary/aromatic N) is 1. The molecule has 0 aliphatic carbocycles. The van der Waals surface area contributed by atoms with Gasteiger partial charge in [0.2, 0.25) is 0 Å². The Labute approximate surface area is 253 Å². The van der Waals surface area contributed by atoms with E-state index in [1.54, 1.807) is 51.5 Å². The fraction of sp³-hybridized carbons (Fsp3) is 0.188. The van der Waals surface area contributed by atoms with Crippen molar-refractivity contribution in [2.45, 2.75) is 11.8 Å². The van der Waals surface area contributed by atoms with Gasteiger partial charge in [-0.05, 0) is 78.2 Å². The number of halogens is 1. The Morgan fingerprint density at radius 1 is 0.905 bits per heavy atom. The van der Waals surface area contributed by atoms with Gasteiger partial charge in [0.15, 0.2) is 11.0 Å². The van der Waals surface area contributed by atoms with Crippen LogP contribution in [0.4, 0.5) is 11.4 Å². The van der Waals surface area contributed by atoms with E-state index in [0.717, 1.165) is 22.4 Å². The molecule has 218 valence electrons. The van der Waals surface area contributed by atoms with Crippen LogP contribution in [0.3, 0.4) is 0 Å². The fourth-order valence-electron chi connectivity index (χ4n) is 4.33. The van der Waals surface area contributed by atoms with Crippen molar-refractivity contribution >= 4 is 45.8 Å². The molecule has 0 heterocycles. The predicted molar refractivity (Wildman–Crippen MR) is 170 cm³/mol. The lowest BCUT2D eigenvalue weighted by atomic mass is 9.98. The van der Waals surface area contributed by atoms with E-state index in [1.807, 2.05) is 61.5 Å². The highest BCUT2D eigenvalue weighted by Gasteiger charge is 2.17. The molecular formula is C32H33ClN4O4S. The van der Waals surface area contributed by atoms with Gasteiger partial charge in [0, 0.05) is 44.1 Å². The van der Waals surface area contributed by atoms with Crippen molar-refractivity contribution < 1.29 is 18.5 Å². The molecule has 4 rings (SSSR count). The topological polar surface area (TPSA) is 99.8 Å². The minimum absolute atomic E-state index is 0.0926. The third kappa shape index (κ3) is 7.48. The smallest absolute Gasteiger partial charge is 0.253 e. The molecule has 0 spiro atoms. The lowest BCUT2D eigenvalue weighted by molar-refractivity contribution is 0.0827. The maximum absolute atomic E-state index is 13.5. The van der Waals surface area contributed by atoms with Gasteiger partial charge in [0.1, 0.15) is 10.6 Å². The van der Waals surface area contributed by atoms with Crippen molar-refractivity contribution in [2.75, 3.05) is 44.3 Å². The number of hydrogen-bond donors (Lipinski definition) is 3. The summed E-state index contributed by atoms with van der Waals surface area (Å²) in [5.74, 6) is 0.159. The van der Waals surface area contributed by atoms with Gasteiger partial charge in [-0.2, -0.15) is 0 Å². The zero-order valence-corrected chi connectivity index (χ0v) is 25.4. The quantitative estimate of drug-likeness (QED) is 0.182. The van der Waals surface area contributed by atoms with E-state index in [2.05, 4.69) is 15.4 Å². The summed E-state index contributed by atoms with van der Waals surface area (Å²) in [7, 11) is 3.32. The summed E-state index contributed by atoms with van der Waals surface area (Å²) < 4.78 is 22.2. The number of carbonyl (C=O) groups excluding carboxylic acids is 2. The van der Waals surface area contributed by atoms with Crippen molar-refractivity contribution in [3.05, 3.63) is 107 Å². The largest absolute Gasteiger partial charge is 0.495 e. The Hall–Kier alpha value is -4.34. The Morgan fingerprint density at radius 2 is 1.64 bits per heavy atom. The lowest BCUT2D eigenvalue weighted by Crippen LogP contribution is -2.28. The Balaban J connectivity index is 1.45. The van der Waals surface area contributed by atoms with Gasteiger partial charge in [0.05, 0.1) is 17.7 Å². The van der Waals surface area contributed by atoms with E-state index in [-0.39, 0.29) is 11.8 Å². The summed E-state index contributed by atoms with van der Waals surface area (Å²) in [5.41, 5.74) is 5.05. The van der Waals surface area contributed by atoms with Gasteiger partial charge < -0.3 is 25.0 Å². The molecule has 4 aromatic rings. The maximum Gasteiger partial charge on any atom is 0.253 e. The molecule has 0 saturated heterocycles. The summed E-state index contributed by atoms with van der Waals surface area (Å²) in [5, 5.41) is 6.51. The highest BCUT2D eigenvalue weighted by Crippen LogP contribution is 2.33. The summed E-state index contributed by atoms with van der Waals surface area (Å²) in [6.45, 7) is 2.82. The fourth-order valence-corrected chi connectivity index (χ4v) is 5.56. The Kier molecular flexibility index (Phi) is 10.2. The van der Waals surface area contributed by atoms with Gasteiger partial charge in [-0.25, -0.2) is 4.21 Å². The molecule has 1 unspecified atom stereocenters. The number of methoxy groups -OCH3 is 1. The molecule has 10 heteroatoms. The number of amides is 2. The molecule has 0 aliphatic rings. The second-order valence-corrected chi connectivity index (χ2v) is 11.3. The molecule has 4 aromatic carbocycles. The van der Waals surface area contributed by atoms with E-state index in [9.17, 15) is 13.8 Å². The van der Waals surface area contributed by atoms with Crippen molar-refractivity contribution in [3.8, 4) is 16.9 Å². The van der Waals surface area contributed by atoms with Crippen LogP contribution in [-0.4, -0.2) is 55.2 Å². The first kappa shape index (κ1) is 30.6. The molecule has 2 amide bonds. The summed E-state index contributed by atoms with van der Waals surface area (Å²) in [6, 6.07) is 25.3. The number of benzene rings is 4. The third-order valence-corrected chi connectivity index (χ3v) is 7.94. The predicted octanol–water partition coefficient (Wildman–Crippen LogP) is 6.00. The Morgan fingerprint density at radius 3 is 2.38 bits per heavy atom. The summed E-state index contributed by atoms with van der Waals surface area (Å²) in [4.78, 5) is 26.9. The zero-order chi connectivity index (χ0) is 30.2. The standard InChI is InChI=1S/C32H33ClN4O4S/c1-21-17-29(41-4)30(20-27(21)22-9-7-10-23(18-22)32(39)37(2)3)42(40)36-25-12-8-11-24(19-25)34-15-16-35-31(38)26-13-5-6-14-28(26)33/h5-14,17-20,34,36H,15-16H2,1-4H3,(H,35,38). The van der Waals surface area contributed by atoms with E-state index in [0.29, 0.717) is 45.6 Å². The molecule has 8 nitrogen and oxygen atoms in total. The van der Waals surface area contributed by atoms with Crippen LogP contribution in [-0.2, 0) is 11.0 Å². The van der Waals surface area contributed by atoms with E-state index in [4.69, 9.17) is 16.3 Å². The summed E-state index contributed by atoms with van der Waals surface area (Å²) in [6.07, 6.45) is 0. The monoisotopic (exact) mass is 604 g/mol. The molecule has 0 radical (unpaired) electrons. The van der Waals surface area contributed by atoms with Gasteiger partial charge in [-0.3, -0.25) is 9.59 Å². The number of ether oxygens (including phenoxy) is 1. The van der Waals surface area contributed by atoms with E-state index in [1.165, 1.54) is 4.90 Å². The first-order valence-corrected chi connectivity index (χ1v) is 14.8. The average molecular weight is 605 g/mol. The van der Waals surface area contributed by atoms with Crippen LogP contribution in [0.25, 0.3) is 11.1 Å². The molecule has 0 aromatic heterocycles. The SMILES string of the molecule is COc1cc(C)c(-c2cccc(C(=O)N(C)C)c2)cc1S(=O)Nc1cccc(NCCNC(=O)c2ccccc2Cl)c1. The lowest BCUT2D eigenvalue weighted by Gasteiger charge is -2.16. The summed E-state index contributed by atoms with van der Waals surface area (Å²) >= 11 is 6.10. The second kappa shape index (κ2) is 14.0. The van der Waals surface area contributed by atoms with Crippen LogP contribution in [0.2, 0.25) is 5.02 Å². The van der Waals surface area contributed by atoms with Crippen LogP contribution in [0, 0.1) is 6.92 Å². The van der Waals surface area contributed by atoms with Gasteiger partial charge in [-0.15, -0.1) is 0 Å². The van der Waals surface area contributed by atoms with Gasteiger partial charge in [-0.1, -0.05) is 41.9 Å². The van der Waals surface area contributed by atoms with E-state index >= 15 is 0 Å². The third-order valence-electron chi connectivity index (χ3n) is 6.47. The van der Waals surface area contributed by atoms with Crippen LogP contribution in [0.5, 0.6) is 5.75 Å². The maximum atomic E-state index is 13.5.